The maximum atomic E-state index is 9.05. The number of aliphatic hydroxyl groups is 4. The van der Waals surface area contributed by atoms with Gasteiger partial charge >= 0.3 is 0 Å². The molecule has 0 aromatic heterocycles. The van der Waals surface area contributed by atoms with E-state index in [1.165, 1.54) is 0 Å². The predicted molar refractivity (Wildman–Crippen MR) is 34.6 cm³/mol. The summed E-state index contributed by atoms with van der Waals surface area (Å²) in [6, 6.07) is 0. The summed E-state index contributed by atoms with van der Waals surface area (Å²) in [5.41, 5.74) is 0. The molecule has 0 saturated carbocycles. The van der Waals surface area contributed by atoms with E-state index in [-0.39, 0.29) is 13.0 Å². The van der Waals surface area contributed by atoms with E-state index < -0.39 is 24.6 Å². The third-order valence-electron chi connectivity index (χ3n) is 1.73. The molecule has 1 rings (SSSR count). The number of hydrogen-bond acceptors (Lipinski definition) is 5. The fraction of sp³-hybridized carbons (Fsp3) is 1.00. The van der Waals surface area contributed by atoms with Crippen molar-refractivity contribution in [3.63, 3.8) is 0 Å². The van der Waals surface area contributed by atoms with Crippen LogP contribution in [0.5, 0.6) is 0 Å². The van der Waals surface area contributed by atoms with Gasteiger partial charge in [-0.05, 0) is 0 Å². The highest BCUT2D eigenvalue weighted by Gasteiger charge is 2.34. The largest absolute Gasteiger partial charge is 0.394 e. The van der Waals surface area contributed by atoms with Gasteiger partial charge in [0.2, 0.25) is 0 Å². The first kappa shape index (κ1) is 8.89. The van der Waals surface area contributed by atoms with Crippen molar-refractivity contribution in [1.82, 2.24) is 0 Å². The third-order valence-corrected chi connectivity index (χ3v) is 1.73. The van der Waals surface area contributed by atoms with Crippen LogP contribution in [0.2, 0.25) is 0 Å². The molecule has 1 saturated heterocycles. The molecule has 0 bridgehead atoms. The van der Waals surface area contributed by atoms with Crippen molar-refractivity contribution in [1.29, 1.82) is 0 Å². The van der Waals surface area contributed by atoms with E-state index in [2.05, 4.69) is 0 Å². The Balaban J connectivity index is 2.47. The van der Waals surface area contributed by atoms with E-state index in [4.69, 9.17) is 25.2 Å². The first-order valence-electron chi connectivity index (χ1n) is 3.45. The summed E-state index contributed by atoms with van der Waals surface area (Å²) < 4.78 is 4.71. The highest BCUT2D eigenvalue weighted by molar-refractivity contribution is 4.79. The normalized spacial score (nSPS) is 45.8. The first-order chi connectivity index (χ1) is 5.15. The molecule has 0 aromatic carbocycles. The lowest BCUT2D eigenvalue weighted by Crippen LogP contribution is -2.49. The average Bonchev–Trinajstić information content (AvgIpc) is 1.99. The standard InChI is InChI=1S/C6H12O5/c7-2-3-1-4(8)5(9)6(10)11-3/h3-10H,1-2H2/t3?,4-,5+,6+/m0/s1. The highest BCUT2D eigenvalue weighted by Crippen LogP contribution is 2.17. The number of ether oxygens (including phenoxy) is 1. The lowest BCUT2D eigenvalue weighted by Gasteiger charge is -2.33. The Morgan fingerprint density at radius 2 is 1.91 bits per heavy atom. The minimum absolute atomic E-state index is 0.148. The maximum Gasteiger partial charge on any atom is 0.183 e. The van der Waals surface area contributed by atoms with Crippen molar-refractivity contribution in [3.05, 3.63) is 0 Å². The van der Waals surface area contributed by atoms with E-state index in [0.717, 1.165) is 0 Å². The number of rotatable bonds is 1. The number of aliphatic hydroxyl groups excluding tert-OH is 4. The molecule has 1 fully saturated rings. The van der Waals surface area contributed by atoms with Gasteiger partial charge in [-0.25, -0.2) is 0 Å². The Hall–Kier alpha value is -0.200. The molecular weight excluding hydrogens is 152 g/mol. The van der Waals surface area contributed by atoms with Crippen molar-refractivity contribution >= 4 is 0 Å². The van der Waals surface area contributed by atoms with Gasteiger partial charge < -0.3 is 25.2 Å². The summed E-state index contributed by atoms with van der Waals surface area (Å²) in [6.45, 7) is -0.263. The fourth-order valence-corrected chi connectivity index (χ4v) is 1.05. The van der Waals surface area contributed by atoms with Crippen molar-refractivity contribution in [2.75, 3.05) is 6.61 Å². The van der Waals surface area contributed by atoms with E-state index in [1.807, 2.05) is 0 Å². The van der Waals surface area contributed by atoms with Gasteiger partial charge in [0.1, 0.15) is 6.10 Å². The minimum Gasteiger partial charge on any atom is -0.394 e. The molecule has 0 amide bonds. The van der Waals surface area contributed by atoms with Gasteiger partial charge in [0, 0.05) is 6.42 Å². The lowest BCUT2D eigenvalue weighted by atomic mass is 10.0. The van der Waals surface area contributed by atoms with Gasteiger partial charge in [-0.3, -0.25) is 0 Å². The maximum absolute atomic E-state index is 9.05. The molecule has 5 nitrogen and oxygen atoms in total. The van der Waals surface area contributed by atoms with Gasteiger partial charge in [0.05, 0.1) is 18.8 Å². The monoisotopic (exact) mass is 164 g/mol. The van der Waals surface area contributed by atoms with Crippen LogP contribution in [-0.4, -0.2) is 51.6 Å². The second-order valence-corrected chi connectivity index (χ2v) is 2.62. The van der Waals surface area contributed by atoms with Gasteiger partial charge in [0.25, 0.3) is 0 Å². The Morgan fingerprint density at radius 1 is 1.27 bits per heavy atom. The van der Waals surface area contributed by atoms with Crippen LogP contribution in [-0.2, 0) is 4.74 Å². The molecule has 4 atom stereocenters. The van der Waals surface area contributed by atoms with Crippen LogP contribution in [0.1, 0.15) is 6.42 Å². The number of hydrogen-bond donors (Lipinski definition) is 4. The molecule has 11 heavy (non-hydrogen) atoms. The summed E-state index contributed by atoms with van der Waals surface area (Å²) in [5, 5.41) is 35.5. The van der Waals surface area contributed by atoms with Crippen molar-refractivity contribution in [2.24, 2.45) is 0 Å². The Bertz CT molecular complexity index is 116. The fourth-order valence-electron chi connectivity index (χ4n) is 1.05. The molecule has 0 radical (unpaired) electrons. The molecule has 0 spiro atoms. The summed E-state index contributed by atoms with van der Waals surface area (Å²) >= 11 is 0. The van der Waals surface area contributed by atoms with Crippen molar-refractivity contribution < 1.29 is 25.2 Å². The van der Waals surface area contributed by atoms with E-state index >= 15 is 0 Å². The zero-order valence-electron chi connectivity index (χ0n) is 5.92. The van der Waals surface area contributed by atoms with Crippen LogP contribution < -0.4 is 0 Å². The molecule has 0 aromatic rings. The lowest BCUT2D eigenvalue weighted by molar-refractivity contribution is -0.251. The molecule has 4 N–H and O–H groups in total. The summed E-state index contributed by atoms with van der Waals surface area (Å²) in [4.78, 5) is 0. The van der Waals surface area contributed by atoms with Gasteiger partial charge in [-0.1, -0.05) is 0 Å². The van der Waals surface area contributed by atoms with E-state index in [1.54, 1.807) is 0 Å². The zero-order valence-corrected chi connectivity index (χ0v) is 5.92. The summed E-state index contributed by atoms with van der Waals surface area (Å²) in [7, 11) is 0. The quantitative estimate of drug-likeness (QED) is 0.353. The Kier molecular flexibility index (Phi) is 2.80. The van der Waals surface area contributed by atoms with Gasteiger partial charge in [-0.2, -0.15) is 0 Å². The van der Waals surface area contributed by atoms with Crippen LogP contribution in [0.25, 0.3) is 0 Å². The Morgan fingerprint density at radius 3 is 2.36 bits per heavy atom. The third kappa shape index (κ3) is 1.88. The molecule has 0 aliphatic carbocycles. The predicted octanol–water partition coefficient (Wildman–Crippen LogP) is -2.19. The van der Waals surface area contributed by atoms with Crippen LogP contribution in [0.3, 0.4) is 0 Å². The Labute approximate surface area is 63.8 Å². The van der Waals surface area contributed by atoms with Gasteiger partial charge in [-0.15, -0.1) is 0 Å². The van der Waals surface area contributed by atoms with E-state index in [0.29, 0.717) is 0 Å². The highest BCUT2D eigenvalue weighted by atomic mass is 16.6. The summed E-state index contributed by atoms with van der Waals surface area (Å²) in [6.07, 6.45) is -4.11. The second-order valence-electron chi connectivity index (χ2n) is 2.62. The molecule has 1 aliphatic heterocycles. The second kappa shape index (κ2) is 3.46. The van der Waals surface area contributed by atoms with Crippen LogP contribution in [0.4, 0.5) is 0 Å². The van der Waals surface area contributed by atoms with Gasteiger partial charge in [0.15, 0.2) is 6.29 Å². The van der Waals surface area contributed by atoms with Crippen molar-refractivity contribution in [2.45, 2.75) is 31.0 Å². The van der Waals surface area contributed by atoms with Crippen LogP contribution >= 0.6 is 0 Å². The van der Waals surface area contributed by atoms with Crippen molar-refractivity contribution in [3.8, 4) is 0 Å². The molecule has 1 heterocycles. The molecule has 1 unspecified atom stereocenters. The average molecular weight is 164 g/mol. The van der Waals surface area contributed by atoms with Crippen LogP contribution in [0, 0.1) is 0 Å². The smallest absolute Gasteiger partial charge is 0.183 e. The van der Waals surface area contributed by atoms with E-state index in [9.17, 15) is 0 Å². The van der Waals surface area contributed by atoms with Crippen LogP contribution in [0.15, 0.2) is 0 Å². The minimum atomic E-state index is -1.39. The zero-order chi connectivity index (χ0) is 8.43. The molecule has 1 aliphatic rings. The molecular formula is C6H12O5. The topological polar surface area (TPSA) is 90.2 Å². The SMILES string of the molecule is OCC1C[C@H](O)[C@@H](O)[C@H](O)O1. The molecule has 66 valence electrons. The summed E-state index contributed by atoms with van der Waals surface area (Å²) in [5.74, 6) is 0. The first-order valence-corrected chi connectivity index (χ1v) is 3.45. The molecule has 5 heteroatoms.